The van der Waals surface area contributed by atoms with Crippen molar-refractivity contribution in [3.63, 3.8) is 0 Å². The van der Waals surface area contributed by atoms with Crippen LogP contribution in [0.5, 0.6) is 0 Å². The lowest BCUT2D eigenvalue weighted by molar-refractivity contribution is -0.133. The molecule has 3 nitrogen and oxygen atoms in total. The second-order valence-corrected chi connectivity index (χ2v) is 4.28. The highest BCUT2D eigenvalue weighted by atomic mass is 19.4. The van der Waals surface area contributed by atoms with Crippen molar-refractivity contribution in [2.45, 2.75) is 25.1 Å². The van der Waals surface area contributed by atoms with E-state index in [1.807, 2.05) is 0 Å². The van der Waals surface area contributed by atoms with E-state index in [-0.39, 0.29) is 13.1 Å². The average Bonchev–Trinajstić information content (AvgIpc) is 1.93. The summed E-state index contributed by atoms with van der Waals surface area (Å²) in [6.07, 6.45) is -5.01. The maximum absolute atomic E-state index is 11.8. The van der Waals surface area contributed by atoms with Crippen molar-refractivity contribution < 1.29 is 18.3 Å². The number of hydrogen-bond donors (Lipinski definition) is 2. The minimum Gasteiger partial charge on any atom is -0.388 e. The van der Waals surface area contributed by atoms with Gasteiger partial charge in [0.15, 0.2) is 0 Å². The Morgan fingerprint density at radius 2 is 1.80 bits per heavy atom. The van der Waals surface area contributed by atoms with Gasteiger partial charge in [-0.2, -0.15) is 13.2 Å². The third-order valence-corrected chi connectivity index (χ3v) is 1.75. The molecular weight excluding hydrogens is 209 g/mol. The molecule has 0 rings (SSSR count). The molecule has 1 unspecified atom stereocenters. The largest absolute Gasteiger partial charge is 0.390 e. The number of aliphatic hydroxyl groups is 1. The fourth-order valence-corrected chi connectivity index (χ4v) is 1.32. The molecule has 0 saturated carbocycles. The molecule has 0 radical (unpaired) electrons. The molecule has 0 aliphatic rings. The quantitative estimate of drug-likeness (QED) is 0.661. The first-order chi connectivity index (χ1) is 6.62. The monoisotopic (exact) mass is 228 g/mol. The predicted octanol–water partition coefficient (Wildman–Crippen LogP) is 0.841. The Balaban J connectivity index is 3.66. The van der Waals surface area contributed by atoms with Crippen molar-refractivity contribution in [2.24, 2.45) is 0 Å². The number of nitrogens with zero attached hydrogens (tertiary/aromatic N) is 1. The van der Waals surface area contributed by atoms with Crippen molar-refractivity contribution in [1.82, 2.24) is 10.2 Å². The summed E-state index contributed by atoms with van der Waals surface area (Å²) in [6.45, 7) is 1.99. The van der Waals surface area contributed by atoms with Gasteiger partial charge in [0, 0.05) is 19.6 Å². The Kier molecular flexibility index (Phi) is 5.55. The number of hydrogen-bond acceptors (Lipinski definition) is 3. The summed E-state index contributed by atoms with van der Waals surface area (Å²) in [7, 11) is 3.59. The minimum atomic E-state index is -4.14. The SMILES string of the molecule is CN(C)CC(C)(O)CNCCC(F)(F)F. The van der Waals surface area contributed by atoms with Gasteiger partial charge in [-0.15, -0.1) is 0 Å². The number of likely N-dealkylation sites (N-methyl/N-ethyl adjacent to an activating group) is 1. The van der Waals surface area contributed by atoms with Gasteiger partial charge in [-0.25, -0.2) is 0 Å². The van der Waals surface area contributed by atoms with Crippen molar-refractivity contribution in [3.8, 4) is 0 Å². The molecule has 0 spiro atoms. The second kappa shape index (κ2) is 5.67. The zero-order valence-electron chi connectivity index (χ0n) is 9.36. The van der Waals surface area contributed by atoms with E-state index in [0.29, 0.717) is 6.54 Å². The Bertz CT molecular complexity index is 181. The molecule has 0 aromatic rings. The molecule has 2 N–H and O–H groups in total. The first-order valence-corrected chi connectivity index (χ1v) is 4.77. The maximum atomic E-state index is 11.8. The van der Waals surface area contributed by atoms with E-state index in [2.05, 4.69) is 5.32 Å². The molecule has 0 aromatic heterocycles. The summed E-state index contributed by atoms with van der Waals surface area (Å²) < 4.78 is 35.3. The fraction of sp³-hybridized carbons (Fsp3) is 1.00. The van der Waals surface area contributed by atoms with Gasteiger partial charge in [-0.05, 0) is 21.0 Å². The van der Waals surface area contributed by atoms with E-state index in [9.17, 15) is 18.3 Å². The molecule has 0 heterocycles. The predicted molar refractivity (Wildman–Crippen MR) is 52.7 cm³/mol. The Hall–Kier alpha value is -0.330. The Morgan fingerprint density at radius 1 is 1.27 bits per heavy atom. The van der Waals surface area contributed by atoms with E-state index in [1.165, 1.54) is 0 Å². The minimum absolute atomic E-state index is 0.154. The number of nitrogens with one attached hydrogen (secondary N) is 1. The summed E-state index contributed by atoms with van der Waals surface area (Å²) >= 11 is 0. The van der Waals surface area contributed by atoms with Gasteiger partial charge in [0.1, 0.15) is 0 Å². The number of halogens is 3. The van der Waals surface area contributed by atoms with Gasteiger partial charge in [0.25, 0.3) is 0 Å². The zero-order chi connectivity index (χ0) is 12.1. The highest BCUT2D eigenvalue weighted by Crippen LogP contribution is 2.18. The zero-order valence-corrected chi connectivity index (χ0v) is 9.36. The van der Waals surface area contributed by atoms with Gasteiger partial charge < -0.3 is 15.3 Å². The third kappa shape index (κ3) is 9.96. The lowest BCUT2D eigenvalue weighted by Crippen LogP contribution is -2.46. The van der Waals surface area contributed by atoms with Gasteiger partial charge in [-0.1, -0.05) is 0 Å². The molecule has 0 aliphatic heterocycles. The van der Waals surface area contributed by atoms with Crippen LogP contribution in [-0.4, -0.2) is 55.5 Å². The molecule has 6 heteroatoms. The average molecular weight is 228 g/mol. The molecule has 0 amide bonds. The molecule has 92 valence electrons. The lowest BCUT2D eigenvalue weighted by Gasteiger charge is -2.27. The second-order valence-electron chi connectivity index (χ2n) is 4.28. The van der Waals surface area contributed by atoms with Crippen molar-refractivity contribution >= 4 is 0 Å². The van der Waals surface area contributed by atoms with Crippen LogP contribution in [0.1, 0.15) is 13.3 Å². The molecule has 15 heavy (non-hydrogen) atoms. The molecule has 1 atom stereocenters. The maximum Gasteiger partial charge on any atom is 0.390 e. The van der Waals surface area contributed by atoms with Crippen LogP contribution in [0.3, 0.4) is 0 Å². The topological polar surface area (TPSA) is 35.5 Å². The highest BCUT2D eigenvalue weighted by Gasteiger charge is 2.27. The lowest BCUT2D eigenvalue weighted by atomic mass is 10.1. The molecule has 0 aliphatic carbocycles. The van der Waals surface area contributed by atoms with E-state index in [1.54, 1.807) is 25.9 Å². The molecular formula is C9H19F3N2O. The van der Waals surface area contributed by atoms with Crippen LogP contribution in [0.2, 0.25) is 0 Å². The van der Waals surface area contributed by atoms with Crippen LogP contribution in [0.25, 0.3) is 0 Å². The van der Waals surface area contributed by atoms with Crippen LogP contribution < -0.4 is 5.32 Å². The highest BCUT2D eigenvalue weighted by molar-refractivity contribution is 4.78. The normalized spacial score (nSPS) is 16.8. The van der Waals surface area contributed by atoms with Gasteiger partial charge in [0.2, 0.25) is 0 Å². The fourth-order valence-electron chi connectivity index (χ4n) is 1.32. The first-order valence-electron chi connectivity index (χ1n) is 4.77. The molecule has 0 saturated heterocycles. The first kappa shape index (κ1) is 14.7. The summed E-state index contributed by atoms with van der Waals surface area (Å²) in [5, 5.41) is 12.3. The number of rotatable bonds is 6. The van der Waals surface area contributed by atoms with E-state index in [4.69, 9.17) is 0 Å². The van der Waals surface area contributed by atoms with Crippen LogP contribution in [-0.2, 0) is 0 Å². The standard InChI is InChI=1S/C9H19F3N2O/c1-8(15,7-14(2)3)6-13-5-4-9(10,11)12/h13,15H,4-7H2,1-3H3. The van der Waals surface area contributed by atoms with Crippen LogP contribution in [0, 0.1) is 0 Å². The molecule has 0 fully saturated rings. The summed E-state index contributed by atoms with van der Waals surface area (Å²) in [4.78, 5) is 1.78. The van der Waals surface area contributed by atoms with E-state index >= 15 is 0 Å². The van der Waals surface area contributed by atoms with Gasteiger partial charge in [-0.3, -0.25) is 0 Å². The smallest absolute Gasteiger partial charge is 0.388 e. The van der Waals surface area contributed by atoms with Crippen LogP contribution >= 0.6 is 0 Å². The number of alkyl halides is 3. The summed E-state index contributed by atoms with van der Waals surface area (Å²) in [5.41, 5.74) is -1.00. The van der Waals surface area contributed by atoms with Crippen LogP contribution in [0.15, 0.2) is 0 Å². The van der Waals surface area contributed by atoms with Crippen molar-refractivity contribution in [2.75, 3.05) is 33.7 Å². The Labute approximate surface area is 88.3 Å². The van der Waals surface area contributed by atoms with Crippen molar-refractivity contribution in [1.29, 1.82) is 0 Å². The van der Waals surface area contributed by atoms with E-state index < -0.39 is 18.2 Å². The van der Waals surface area contributed by atoms with Gasteiger partial charge >= 0.3 is 6.18 Å². The third-order valence-electron chi connectivity index (χ3n) is 1.75. The summed E-state index contributed by atoms with van der Waals surface area (Å²) in [5.74, 6) is 0. The Morgan fingerprint density at radius 3 is 2.20 bits per heavy atom. The molecule has 0 aromatic carbocycles. The van der Waals surface area contributed by atoms with E-state index in [0.717, 1.165) is 0 Å². The molecule has 0 bridgehead atoms. The van der Waals surface area contributed by atoms with Crippen molar-refractivity contribution in [3.05, 3.63) is 0 Å². The van der Waals surface area contributed by atoms with Gasteiger partial charge in [0.05, 0.1) is 12.0 Å². The summed E-state index contributed by atoms with van der Waals surface area (Å²) in [6, 6.07) is 0. The van der Waals surface area contributed by atoms with Crippen LogP contribution in [0.4, 0.5) is 13.2 Å².